The highest BCUT2D eigenvalue weighted by Gasteiger charge is 2.51. The molecule has 0 unspecified atom stereocenters. The Morgan fingerprint density at radius 2 is 1.75 bits per heavy atom. The second kappa shape index (κ2) is 4.15. The van der Waals surface area contributed by atoms with Crippen LogP contribution in [0, 0.1) is 24.7 Å². The van der Waals surface area contributed by atoms with E-state index in [0.717, 1.165) is 41.5 Å². The Morgan fingerprint density at radius 3 is 2.25 bits per heavy atom. The Bertz CT molecular complexity index is 496. The standard InChI is InChI=1S/C16H26N4/c1-3-20-15(14(17)10(2)19-20)18-16-7-11-4-12(8-16)6-13(5-11)9-16/h11-13,18H,3-9,17H2,1-2H3. The number of nitrogen functional groups attached to an aromatic ring is 1. The molecule has 4 aliphatic rings. The molecular formula is C16H26N4. The molecule has 20 heavy (non-hydrogen) atoms. The van der Waals surface area contributed by atoms with Crippen LogP contribution in [0.2, 0.25) is 0 Å². The summed E-state index contributed by atoms with van der Waals surface area (Å²) >= 11 is 0. The maximum absolute atomic E-state index is 6.26. The number of aryl methyl sites for hydroxylation is 2. The van der Waals surface area contributed by atoms with Gasteiger partial charge in [0.25, 0.3) is 0 Å². The molecule has 4 bridgehead atoms. The van der Waals surface area contributed by atoms with Crippen LogP contribution in [0.15, 0.2) is 0 Å². The smallest absolute Gasteiger partial charge is 0.148 e. The van der Waals surface area contributed by atoms with Gasteiger partial charge in [-0.2, -0.15) is 5.10 Å². The van der Waals surface area contributed by atoms with Gasteiger partial charge in [0.1, 0.15) is 5.82 Å². The minimum Gasteiger partial charge on any atom is -0.394 e. The predicted molar refractivity (Wildman–Crippen MR) is 81.6 cm³/mol. The number of hydrogen-bond acceptors (Lipinski definition) is 3. The van der Waals surface area contributed by atoms with E-state index in [-0.39, 0.29) is 0 Å². The summed E-state index contributed by atoms with van der Waals surface area (Å²) in [6, 6.07) is 0. The van der Waals surface area contributed by atoms with Gasteiger partial charge < -0.3 is 11.1 Å². The Balaban J connectivity index is 1.66. The van der Waals surface area contributed by atoms with Crippen molar-refractivity contribution >= 4 is 11.5 Å². The number of aromatic nitrogens is 2. The monoisotopic (exact) mass is 274 g/mol. The summed E-state index contributed by atoms with van der Waals surface area (Å²) in [5.41, 5.74) is 8.38. The molecule has 4 saturated carbocycles. The first-order valence-corrected chi connectivity index (χ1v) is 8.19. The van der Waals surface area contributed by atoms with Crippen molar-refractivity contribution in [1.29, 1.82) is 0 Å². The summed E-state index contributed by atoms with van der Waals surface area (Å²) in [6.45, 7) is 5.02. The zero-order valence-electron chi connectivity index (χ0n) is 12.7. The maximum Gasteiger partial charge on any atom is 0.148 e. The number of hydrogen-bond donors (Lipinski definition) is 2. The maximum atomic E-state index is 6.26. The Hall–Kier alpha value is -1.19. The highest BCUT2D eigenvalue weighted by molar-refractivity contribution is 5.66. The molecule has 1 heterocycles. The van der Waals surface area contributed by atoms with E-state index in [9.17, 15) is 0 Å². The van der Waals surface area contributed by atoms with Gasteiger partial charge in [-0.3, -0.25) is 0 Å². The number of nitrogens with two attached hydrogens (primary N) is 1. The summed E-state index contributed by atoms with van der Waals surface area (Å²) in [7, 11) is 0. The van der Waals surface area contributed by atoms with Crippen LogP contribution in [0.4, 0.5) is 11.5 Å². The summed E-state index contributed by atoms with van der Waals surface area (Å²) in [5.74, 6) is 3.93. The van der Waals surface area contributed by atoms with E-state index in [1.165, 1.54) is 38.5 Å². The summed E-state index contributed by atoms with van der Waals surface area (Å²) < 4.78 is 2.04. The first kappa shape index (κ1) is 12.5. The van der Waals surface area contributed by atoms with Crippen molar-refractivity contribution in [2.45, 2.75) is 64.5 Å². The molecular weight excluding hydrogens is 248 g/mol. The molecule has 1 aromatic rings. The van der Waals surface area contributed by atoms with Crippen molar-refractivity contribution in [2.24, 2.45) is 17.8 Å². The van der Waals surface area contributed by atoms with Crippen molar-refractivity contribution in [3.63, 3.8) is 0 Å². The zero-order chi connectivity index (χ0) is 13.9. The third-order valence-corrected chi connectivity index (χ3v) is 5.90. The topological polar surface area (TPSA) is 55.9 Å². The Labute approximate surface area is 121 Å². The minimum atomic E-state index is 0.308. The molecule has 0 aromatic carbocycles. The van der Waals surface area contributed by atoms with Crippen LogP contribution in [0.5, 0.6) is 0 Å². The molecule has 0 saturated heterocycles. The summed E-state index contributed by atoms with van der Waals surface area (Å²) in [4.78, 5) is 0. The van der Waals surface area contributed by atoms with Crippen molar-refractivity contribution < 1.29 is 0 Å². The molecule has 4 heteroatoms. The molecule has 0 spiro atoms. The first-order valence-electron chi connectivity index (χ1n) is 8.19. The zero-order valence-corrected chi connectivity index (χ0v) is 12.7. The molecule has 0 radical (unpaired) electrons. The molecule has 0 aliphatic heterocycles. The number of nitrogens with one attached hydrogen (secondary N) is 1. The van der Waals surface area contributed by atoms with Crippen LogP contribution in [-0.4, -0.2) is 15.3 Å². The van der Waals surface area contributed by atoms with Crippen LogP contribution < -0.4 is 11.1 Å². The lowest BCUT2D eigenvalue weighted by Gasteiger charge is -2.57. The normalized spacial score (nSPS) is 38.4. The average Bonchev–Trinajstić information content (AvgIpc) is 2.64. The largest absolute Gasteiger partial charge is 0.394 e. The van der Waals surface area contributed by atoms with Gasteiger partial charge in [-0.25, -0.2) is 4.68 Å². The third-order valence-electron chi connectivity index (χ3n) is 5.90. The number of nitrogens with zero attached hydrogens (tertiary/aromatic N) is 2. The van der Waals surface area contributed by atoms with Gasteiger partial charge in [0, 0.05) is 12.1 Å². The SMILES string of the molecule is CCn1nc(C)c(N)c1NC12CC3CC(CC(C3)C1)C2. The van der Waals surface area contributed by atoms with Gasteiger partial charge in [-0.15, -0.1) is 0 Å². The lowest BCUT2D eigenvalue weighted by Crippen LogP contribution is -2.55. The van der Waals surface area contributed by atoms with Gasteiger partial charge >= 0.3 is 0 Å². The van der Waals surface area contributed by atoms with Crippen LogP contribution in [0.1, 0.15) is 51.1 Å². The summed E-state index contributed by atoms with van der Waals surface area (Å²) in [5, 5.41) is 8.43. The number of rotatable bonds is 3. The van der Waals surface area contributed by atoms with Crippen molar-refractivity contribution in [2.75, 3.05) is 11.1 Å². The third kappa shape index (κ3) is 1.76. The predicted octanol–water partition coefficient (Wildman–Crippen LogP) is 3.17. The molecule has 4 aliphatic carbocycles. The second-order valence-corrected chi connectivity index (χ2v) is 7.49. The Morgan fingerprint density at radius 1 is 1.20 bits per heavy atom. The van der Waals surface area contributed by atoms with E-state index < -0.39 is 0 Å². The highest BCUT2D eigenvalue weighted by atomic mass is 15.3. The van der Waals surface area contributed by atoms with E-state index in [0.29, 0.717) is 5.54 Å². The molecule has 110 valence electrons. The molecule has 3 N–H and O–H groups in total. The van der Waals surface area contributed by atoms with Gasteiger partial charge in [0.05, 0.1) is 11.4 Å². The number of anilines is 2. The molecule has 1 aromatic heterocycles. The minimum absolute atomic E-state index is 0.308. The van der Waals surface area contributed by atoms with Crippen molar-refractivity contribution in [3.8, 4) is 0 Å². The van der Waals surface area contributed by atoms with Crippen LogP contribution in [0.3, 0.4) is 0 Å². The first-order chi connectivity index (χ1) is 9.58. The van der Waals surface area contributed by atoms with Crippen LogP contribution in [0.25, 0.3) is 0 Å². The van der Waals surface area contributed by atoms with E-state index in [1.807, 2.05) is 11.6 Å². The molecule has 0 atom stereocenters. The quantitative estimate of drug-likeness (QED) is 0.890. The fraction of sp³-hybridized carbons (Fsp3) is 0.812. The highest BCUT2D eigenvalue weighted by Crippen LogP contribution is 2.56. The molecule has 4 fully saturated rings. The van der Waals surface area contributed by atoms with Gasteiger partial charge in [0.15, 0.2) is 0 Å². The van der Waals surface area contributed by atoms with Gasteiger partial charge in [-0.1, -0.05) is 0 Å². The molecule has 0 amide bonds. The van der Waals surface area contributed by atoms with E-state index in [2.05, 4.69) is 17.3 Å². The van der Waals surface area contributed by atoms with Gasteiger partial charge in [-0.05, 0) is 70.1 Å². The lowest BCUT2D eigenvalue weighted by molar-refractivity contribution is 0.0104. The van der Waals surface area contributed by atoms with Crippen LogP contribution >= 0.6 is 0 Å². The molecule has 4 nitrogen and oxygen atoms in total. The van der Waals surface area contributed by atoms with Gasteiger partial charge in [0.2, 0.25) is 0 Å². The van der Waals surface area contributed by atoms with Crippen molar-refractivity contribution in [1.82, 2.24) is 9.78 Å². The van der Waals surface area contributed by atoms with Crippen molar-refractivity contribution in [3.05, 3.63) is 5.69 Å². The van der Waals surface area contributed by atoms with E-state index in [1.54, 1.807) is 0 Å². The lowest BCUT2D eigenvalue weighted by atomic mass is 9.53. The fourth-order valence-electron chi connectivity index (χ4n) is 5.47. The summed E-state index contributed by atoms with van der Waals surface area (Å²) in [6.07, 6.45) is 8.44. The molecule has 5 rings (SSSR count). The second-order valence-electron chi connectivity index (χ2n) is 7.49. The average molecular weight is 274 g/mol. The Kier molecular flexibility index (Phi) is 2.60. The fourth-order valence-corrected chi connectivity index (χ4v) is 5.47. The van der Waals surface area contributed by atoms with E-state index >= 15 is 0 Å². The van der Waals surface area contributed by atoms with E-state index in [4.69, 9.17) is 5.73 Å². The van der Waals surface area contributed by atoms with Crippen LogP contribution in [-0.2, 0) is 6.54 Å².